The Bertz CT molecular complexity index is 445. The molecule has 0 spiro atoms. The van der Waals surface area contributed by atoms with Crippen LogP contribution in [0.15, 0.2) is 28.9 Å². The van der Waals surface area contributed by atoms with E-state index < -0.39 is 0 Å². The molecule has 0 saturated heterocycles. The summed E-state index contributed by atoms with van der Waals surface area (Å²) in [6.07, 6.45) is 0. The smallest absolute Gasteiger partial charge is 0.196 e. The molecule has 1 heterocycles. The van der Waals surface area contributed by atoms with Gasteiger partial charge in [-0.2, -0.15) is 0 Å². The van der Waals surface area contributed by atoms with Gasteiger partial charge in [0.25, 0.3) is 0 Å². The first-order chi connectivity index (χ1) is 7.18. The van der Waals surface area contributed by atoms with E-state index in [-0.39, 0.29) is 0 Å². The maximum atomic E-state index is 5.60. The number of benzene rings is 1. The fraction of sp³-hybridized carbons (Fsp3) is 0.273. The first kappa shape index (κ1) is 9.71. The molecule has 0 atom stereocenters. The van der Waals surface area contributed by atoms with E-state index in [0.717, 1.165) is 5.56 Å². The highest BCUT2D eigenvalue weighted by molar-refractivity contribution is 5.68. The predicted octanol–water partition coefficient (Wildman–Crippen LogP) is 2.44. The van der Waals surface area contributed by atoms with E-state index >= 15 is 0 Å². The highest BCUT2D eigenvalue weighted by atomic mass is 16.6. The molecule has 1 aromatic heterocycles. The summed E-state index contributed by atoms with van der Waals surface area (Å²) in [7, 11) is 0. The average molecular weight is 203 g/mol. The fourth-order valence-corrected chi connectivity index (χ4v) is 1.42. The molecule has 2 N–H and O–H groups in total. The number of nitrogen functional groups attached to an aromatic ring is 1. The van der Waals surface area contributed by atoms with Crippen molar-refractivity contribution in [3.8, 4) is 11.3 Å². The van der Waals surface area contributed by atoms with Gasteiger partial charge in [-0.15, -0.1) is 0 Å². The Hall–Kier alpha value is -1.84. The fourth-order valence-electron chi connectivity index (χ4n) is 1.42. The van der Waals surface area contributed by atoms with Gasteiger partial charge in [0.05, 0.1) is 0 Å². The number of hydrogen-bond donors (Lipinski definition) is 1. The Morgan fingerprint density at radius 3 is 2.27 bits per heavy atom. The quantitative estimate of drug-likeness (QED) is 0.814. The van der Waals surface area contributed by atoms with Crippen LogP contribution in [0.1, 0.15) is 25.3 Å². The van der Waals surface area contributed by atoms with E-state index in [4.69, 9.17) is 5.73 Å². The maximum absolute atomic E-state index is 5.60. The molecule has 4 nitrogen and oxygen atoms in total. The lowest BCUT2D eigenvalue weighted by molar-refractivity contribution is 0.310. The van der Waals surface area contributed by atoms with Crippen LogP contribution in [0.25, 0.3) is 11.3 Å². The number of nitrogens with zero attached hydrogens (tertiary/aromatic N) is 2. The number of aromatic nitrogens is 2. The molecular formula is C11H13N3O. The Labute approximate surface area is 88.1 Å². The summed E-state index contributed by atoms with van der Waals surface area (Å²) in [6.45, 7) is 4.31. The van der Waals surface area contributed by atoms with E-state index in [1.54, 1.807) is 0 Å². The Morgan fingerprint density at radius 2 is 1.80 bits per heavy atom. The van der Waals surface area contributed by atoms with Crippen molar-refractivity contribution in [3.05, 3.63) is 29.8 Å². The molecule has 0 aliphatic carbocycles. The van der Waals surface area contributed by atoms with Crippen LogP contribution in [0.3, 0.4) is 0 Å². The zero-order valence-electron chi connectivity index (χ0n) is 8.77. The molecule has 0 aliphatic heterocycles. The predicted molar refractivity (Wildman–Crippen MR) is 58.2 cm³/mol. The second-order valence-electron chi connectivity index (χ2n) is 3.77. The number of anilines is 1. The van der Waals surface area contributed by atoms with Gasteiger partial charge in [-0.05, 0) is 21.8 Å². The highest BCUT2D eigenvalue weighted by Gasteiger charge is 2.08. The van der Waals surface area contributed by atoms with E-state index in [1.165, 1.54) is 5.56 Å². The van der Waals surface area contributed by atoms with Crippen molar-refractivity contribution in [2.24, 2.45) is 0 Å². The summed E-state index contributed by atoms with van der Waals surface area (Å²) in [4.78, 5) is 0. The summed E-state index contributed by atoms with van der Waals surface area (Å²) in [5.41, 5.74) is 8.42. The monoisotopic (exact) mass is 203 g/mol. The molecule has 0 fully saturated rings. The molecule has 2 rings (SSSR count). The van der Waals surface area contributed by atoms with Gasteiger partial charge >= 0.3 is 0 Å². The van der Waals surface area contributed by atoms with Crippen LogP contribution in [-0.2, 0) is 0 Å². The van der Waals surface area contributed by atoms with Gasteiger partial charge in [-0.1, -0.05) is 38.1 Å². The van der Waals surface area contributed by atoms with Crippen LogP contribution in [0.4, 0.5) is 5.82 Å². The van der Waals surface area contributed by atoms with Crippen LogP contribution >= 0.6 is 0 Å². The van der Waals surface area contributed by atoms with Gasteiger partial charge in [-0.3, -0.25) is 0 Å². The van der Waals surface area contributed by atoms with Crippen LogP contribution in [-0.4, -0.2) is 10.3 Å². The van der Waals surface area contributed by atoms with E-state index in [9.17, 15) is 0 Å². The minimum atomic E-state index is 0.326. The van der Waals surface area contributed by atoms with Crippen molar-refractivity contribution in [1.29, 1.82) is 0 Å². The van der Waals surface area contributed by atoms with E-state index in [1.807, 2.05) is 12.1 Å². The molecule has 0 saturated carbocycles. The lowest BCUT2D eigenvalue weighted by Crippen LogP contribution is -1.90. The average Bonchev–Trinajstić information content (AvgIpc) is 2.65. The van der Waals surface area contributed by atoms with Gasteiger partial charge in [0.2, 0.25) is 0 Å². The van der Waals surface area contributed by atoms with Crippen LogP contribution in [0.5, 0.6) is 0 Å². The largest absolute Gasteiger partial charge is 0.379 e. The number of nitrogens with two attached hydrogens (primary N) is 1. The van der Waals surface area contributed by atoms with Gasteiger partial charge in [0, 0.05) is 5.56 Å². The maximum Gasteiger partial charge on any atom is 0.196 e. The number of hydrogen-bond acceptors (Lipinski definition) is 4. The molecule has 4 heteroatoms. The van der Waals surface area contributed by atoms with Crippen LogP contribution in [0, 0.1) is 0 Å². The normalized spacial score (nSPS) is 10.9. The summed E-state index contributed by atoms with van der Waals surface area (Å²) < 4.78 is 4.55. The standard InChI is InChI=1S/C11H13N3O/c1-7(2)8-3-5-9(6-4-8)10-11(12)14-15-13-10/h3-7H,1-2H3,(H2,12,14). The second-order valence-corrected chi connectivity index (χ2v) is 3.77. The molecule has 0 unspecified atom stereocenters. The third-order valence-electron chi connectivity index (χ3n) is 2.36. The molecule has 15 heavy (non-hydrogen) atoms. The summed E-state index contributed by atoms with van der Waals surface area (Å²) in [6, 6.07) is 8.08. The Kier molecular flexibility index (Phi) is 2.41. The van der Waals surface area contributed by atoms with Gasteiger partial charge in [0.15, 0.2) is 11.5 Å². The van der Waals surface area contributed by atoms with Crippen molar-refractivity contribution in [1.82, 2.24) is 10.3 Å². The molecule has 0 radical (unpaired) electrons. The van der Waals surface area contributed by atoms with Crippen molar-refractivity contribution in [2.75, 3.05) is 5.73 Å². The lowest BCUT2D eigenvalue weighted by atomic mass is 10.0. The topological polar surface area (TPSA) is 64.9 Å². The minimum Gasteiger partial charge on any atom is -0.379 e. The number of rotatable bonds is 2. The first-order valence-corrected chi connectivity index (χ1v) is 4.87. The van der Waals surface area contributed by atoms with Gasteiger partial charge in [0.1, 0.15) is 0 Å². The van der Waals surface area contributed by atoms with E-state index in [0.29, 0.717) is 17.4 Å². The molecule has 0 amide bonds. The lowest BCUT2D eigenvalue weighted by Gasteiger charge is -2.05. The minimum absolute atomic E-state index is 0.326. The van der Waals surface area contributed by atoms with Gasteiger partial charge < -0.3 is 5.73 Å². The van der Waals surface area contributed by atoms with Crippen molar-refractivity contribution in [3.63, 3.8) is 0 Å². The second kappa shape index (κ2) is 3.73. The first-order valence-electron chi connectivity index (χ1n) is 4.87. The molecule has 0 aliphatic rings. The Balaban J connectivity index is 2.36. The highest BCUT2D eigenvalue weighted by Crippen LogP contribution is 2.24. The summed E-state index contributed by atoms with van der Waals surface area (Å²) >= 11 is 0. The summed E-state index contributed by atoms with van der Waals surface area (Å²) in [5.74, 6) is 0.846. The van der Waals surface area contributed by atoms with Crippen molar-refractivity contribution in [2.45, 2.75) is 19.8 Å². The van der Waals surface area contributed by atoms with Crippen molar-refractivity contribution >= 4 is 5.82 Å². The van der Waals surface area contributed by atoms with Crippen LogP contribution < -0.4 is 5.73 Å². The summed E-state index contributed by atoms with van der Waals surface area (Å²) in [5, 5.41) is 7.29. The zero-order chi connectivity index (χ0) is 10.8. The SMILES string of the molecule is CC(C)c1ccc(-c2nonc2N)cc1. The zero-order valence-corrected chi connectivity index (χ0v) is 8.77. The van der Waals surface area contributed by atoms with Crippen LogP contribution in [0.2, 0.25) is 0 Å². The Morgan fingerprint density at radius 1 is 1.13 bits per heavy atom. The van der Waals surface area contributed by atoms with E-state index in [2.05, 4.69) is 40.9 Å². The molecular weight excluding hydrogens is 190 g/mol. The molecule has 1 aromatic carbocycles. The molecule has 0 bridgehead atoms. The van der Waals surface area contributed by atoms with Crippen molar-refractivity contribution < 1.29 is 4.63 Å². The molecule has 78 valence electrons. The third kappa shape index (κ3) is 1.83. The molecule has 2 aromatic rings. The van der Waals surface area contributed by atoms with Gasteiger partial charge in [-0.25, -0.2) is 4.63 Å². The third-order valence-corrected chi connectivity index (χ3v) is 2.36.